The summed E-state index contributed by atoms with van der Waals surface area (Å²) >= 11 is 0. The van der Waals surface area contributed by atoms with Crippen LogP contribution in [0.2, 0.25) is 0 Å². The average Bonchev–Trinajstić information content (AvgIpc) is 3.18. The van der Waals surface area contributed by atoms with Gasteiger partial charge in [0.2, 0.25) is 10.0 Å². The maximum Gasteiger partial charge on any atom is 0.215 e. The van der Waals surface area contributed by atoms with Crippen LogP contribution in [0, 0.1) is 5.92 Å². The van der Waals surface area contributed by atoms with Gasteiger partial charge in [-0.15, -0.1) is 0 Å². The van der Waals surface area contributed by atoms with Crippen LogP contribution in [0.25, 0.3) is 0 Å². The Morgan fingerprint density at radius 2 is 1.95 bits per heavy atom. The van der Waals surface area contributed by atoms with Crippen molar-refractivity contribution in [2.45, 2.75) is 45.0 Å². The summed E-state index contributed by atoms with van der Waals surface area (Å²) in [4.78, 5) is 0. The van der Waals surface area contributed by atoms with Gasteiger partial charge in [-0.3, -0.25) is 0 Å². The van der Waals surface area contributed by atoms with Crippen LogP contribution in [0.15, 0.2) is 24.3 Å². The van der Waals surface area contributed by atoms with Crippen LogP contribution in [0.3, 0.4) is 0 Å². The first kappa shape index (κ1) is 15.5. The lowest BCUT2D eigenvalue weighted by Crippen LogP contribution is -2.28. The first-order chi connectivity index (χ1) is 9.44. The maximum absolute atomic E-state index is 12.0. The van der Waals surface area contributed by atoms with E-state index in [0.29, 0.717) is 18.5 Å². The van der Waals surface area contributed by atoms with E-state index in [2.05, 4.69) is 10.0 Å². The Balaban J connectivity index is 1.92. The minimum Gasteiger partial charge on any atom is -0.310 e. The van der Waals surface area contributed by atoms with E-state index in [1.807, 2.05) is 38.1 Å². The molecule has 0 spiro atoms. The summed E-state index contributed by atoms with van der Waals surface area (Å²) in [6.07, 6.45) is 2.51. The third-order valence-electron chi connectivity index (χ3n) is 3.23. The van der Waals surface area contributed by atoms with Gasteiger partial charge in [0.1, 0.15) is 0 Å². The summed E-state index contributed by atoms with van der Waals surface area (Å²) in [7, 11) is -3.24. The molecule has 2 rings (SSSR count). The van der Waals surface area contributed by atoms with Gasteiger partial charge in [-0.25, -0.2) is 13.1 Å². The van der Waals surface area contributed by atoms with Crippen LogP contribution in [0.1, 0.15) is 37.8 Å². The second kappa shape index (κ2) is 6.70. The van der Waals surface area contributed by atoms with E-state index in [1.165, 1.54) is 12.8 Å². The summed E-state index contributed by atoms with van der Waals surface area (Å²) in [6.45, 7) is 5.29. The second-order valence-electron chi connectivity index (χ2n) is 5.98. The molecule has 0 radical (unpaired) electrons. The molecule has 0 aliphatic heterocycles. The molecule has 0 unspecified atom stereocenters. The van der Waals surface area contributed by atoms with Gasteiger partial charge in [-0.2, -0.15) is 0 Å². The summed E-state index contributed by atoms with van der Waals surface area (Å²) in [5.74, 6) is 0.371. The Kier molecular flexibility index (Phi) is 5.18. The van der Waals surface area contributed by atoms with Crippen LogP contribution in [0.4, 0.5) is 0 Å². The van der Waals surface area contributed by atoms with Crippen LogP contribution < -0.4 is 10.0 Å². The Bertz CT molecular complexity index is 537. The van der Waals surface area contributed by atoms with E-state index < -0.39 is 10.0 Å². The van der Waals surface area contributed by atoms with Crippen LogP contribution in [0.5, 0.6) is 0 Å². The zero-order valence-electron chi connectivity index (χ0n) is 12.2. The van der Waals surface area contributed by atoms with Gasteiger partial charge in [0.15, 0.2) is 0 Å². The van der Waals surface area contributed by atoms with Gasteiger partial charge in [0.25, 0.3) is 0 Å². The van der Waals surface area contributed by atoms with Gasteiger partial charge in [0, 0.05) is 19.1 Å². The molecular weight excluding hydrogens is 272 g/mol. The second-order valence-corrected chi connectivity index (χ2v) is 7.78. The molecule has 1 fully saturated rings. The molecule has 1 saturated carbocycles. The van der Waals surface area contributed by atoms with Crippen molar-refractivity contribution >= 4 is 10.0 Å². The third kappa shape index (κ3) is 5.61. The minimum absolute atomic E-state index is 0.0526. The standard InChI is InChI=1S/C15H24N2O2S/c1-12(2)9-17-20(18,19)11-14-5-3-4-13(8-14)10-16-15-6-7-15/h3-5,8,12,15-17H,6-7,9-11H2,1-2H3. The molecular formula is C15H24N2O2S. The van der Waals surface area contributed by atoms with E-state index in [0.717, 1.165) is 17.7 Å². The molecule has 1 aliphatic carbocycles. The number of benzene rings is 1. The molecule has 5 heteroatoms. The van der Waals surface area contributed by atoms with Crippen molar-refractivity contribution in [3.63, 3.8) is 0 Å². The fourth-order valence-corrected chi connectivity index (χ4v) is 3.25. The number of hydrogen-bond donors (Lipinski definition) is 2. The van der Waals surface area contributed by atoms with E-state index in [1.54, 1.807) is 0 Å². The highest BCUT2D eigenvalue weighted by Gasteiger charge is 2.20. The molecule has 2 N–H and O–H groups in total. The van der Waals surface area contributed by atoms with Gasteiger partial charge >= 0.3 is 0 Å². The molecule has 1 aromatic rings. The first-order valence-corrected chi connectivity index (χ1v) is 8.88. The third-order valence-corrected chi connectivity index (χ3v) is 4.55. The fraction of sp³-hybridized carbons (Fsp3) is 0.600. The van der Waals surface area contributed by atoms with E-state index >= 15 is 0 Å². The highest BCUT2D eigenvalue weighted by molar-refractivity contribution is 7.88. The Morgan fingerprint density at radius 3 is 2.60 bits per heavy atom. The molecule has 0 atom stereocenters. The van der Waals surface area contributed by atoms with Gasteiger partial charge in [-0.05, 0) is 29.9 Å². The zero-order valence-corrected chi connectivity index (χ0v) is 13.0. The van der Waals surface area contributed by atoms with Crippen molar-refractivity contribution in [3.05, 3.63) is 35.4 Å². The highest BCUT2D eigenvalue weighted by atomic mass is 32.2. The van der Waals surface area contributed by atoms with Gasteiger partial charge < -0.3 is 5.32 Å². The predicted octanol–water partition coefficient (Wildman–Crippen LogP) is 2.01. The molecule has 1 aliphatic rings. The van der Waals surface area contributed by atoms with Crippen LogP contribution in [-0.4, -0.2) is 21.0 Å². The SMILES string of the molecule is CC(C)CNS(=O)(=O)Cc1cccc(CNC2CC2)c1. The van der Waals surface area contributed by atoms with Crippen molar-refractivity contribution < 1.29 is 8.42 Å². The summed E-state index contributed by atoms with van der Waals surface area (Å²) in [6, 6.07) is 8.47. The molecule has 0 saturated heterocycles. The fourth-order valence-electron chi connectivity index (χ4n) is 1.94. The molecule has 4 nitrogen and oxygen atoms in total. The van der Waals surface area contributed by atoms with Crippen molar-refractivity contribution in [1.29, 1.82) is 0 Å². The molecule has 0 bridgehead atoms. The Hall–Kier alpha value is -0.910. The Morgan fingerprint density at radius 1 is 1.25 bits per heavy atom. The Labute approximate surface area is 122 Å². The quantitative estimate of drug-likeness (QED) is 0.771. The smallest absolute Gasteiger partial charge is 0.215 e. The van der Waals surface area contributed by atoms with Crippen LogP contribution in [-0.2, 0) is 22.3 Å². The largest absolute Gasteiger partial charge is 0.310 e. The molecule has 20 heavy (non-hydrogen) atoms. The molecule has 0 aromatic heterocycles. The normalized spacial score (nSPS) is 15.8. The van der Waals surface area contributed by atoms with E-state index in [9.17, 15) is 8.42 Å². The lowest BCUT2D eigenvalue weighted by Gasteiger charge is -2.10. The van der Waals surface area contributed by atoms with Crippen LogP contribution >= 0.6 is 0 Å². The van der Waals surface area contributed by atoms with Crippen molar-refractivity contribution in [2.75, 3.05) is 6.54 Å². The highest BCUT2D eigenvalue weighted by Crippen LogP contribution is 2.19. The average molecular weight is 296 g/mol. The number of rotatable bonds is 8. The summed E-state index contributed by atoms with van der Waals surface area (Å²) < 4.78 is 26.6. The molecule has 112 valence electrons. The zero-order chi connectivity index (χ0) is 14.6. The van der Waals surface area contributed by atoms with E-state index in [4.69, 9.17) is 0 Å². The monoisotopic (exact) mass is 296 g/mol. The number of sulfonamides is 1. The van der Waals surface area contributed by atoms with Gasteiger partial charge in [0.05, 0.1) is 5.75 Å². The van der Waals surface area contributed by atoms with Crippen molar-refractivity contribution in [2.24, 2.45) is 5.92 Å². The summed E-state index contributed by atoms with van der Waals surface area (Å²) in [5, 5.41) is 3.44. The topological polar surface area (TPSA) is 58.2 Å². The number of hydrogen-bond acceptors (Lipinski definition) is 3. The molecule has 1 aromatic carbocycles. The molecule has 0 amide bonds. The molecule has 0 heterocycles. The van der Waals surface area contributed by atoms with E-state index in [-0.39, 0.29) is 5.75 Å². The van der Waals surface area contributed by atoms with Gasteiger partial charge in [-0.1, -0.05) is 38.1 Å². The number of nitrogens with one attached hydrogen (secondary N) is 2. The lowest BCUT2D eigenvalue weighted by molar-refractivity contribution is 0.559. The minimum atomic E-state index is -3.24. The maximum atomic E-state index is 12.0. The summed E-state index contributed by atoms with van der Waals surface area (Å²) in [5.41, 5.74) is 1.99. The van der Waals surface area contributed by atoms with Crippen molar-refractivity contribution in [3.8, 4) is 0 Å². The first-order valence-electron chi connectivity index (χ1n) is 7.23. The predicted molar refractivity (Wildman–Crippen MR) is 81.8 cm³/mol. The van der Waals surface area contributed by atoms with Crippen molar-refractivity contribution in [1.82, 2.24) is 10.0 Å². The lowest BCUT2D eigenvalue weighted by atomic mass is 10.1.